The first-order chi connectivity index (χ1) is 28.2. The van der Waals surface area contributed by atoms with Gasteiger partial charge in [0.15, 0.2) is 5.82 Å². The lowest BCUT2D eigenvalue weighted by atomic mass is 9.92. The predicted octanol–water partition coefficient (Wildman–Crippen LogP) is 14.7. The summed E-state index contributed by atoms with van der Waals surface area (Å²) in [7, 11) is 0. The first-order valence-electron chi connectivity index (χ1n) is 19.3. The molecule has 0 aliphatic carbocycles. The van der Waals surface area contributed by atoms with Crippen LogP contribution in [0.15, 0.2) is 211 Å². The fraction of sp³-hybridized carbons (Fsp3) is 0. The number of benzene rings is 9. The molecule has 0 radical (unpaired) electrons. The van der Waals surface area contributed by atoms with Crippen molar-refractivity contribution in [1.82, 2.24) is 9.97 Å². The zero-order valence-electron chi connectivity index (χ0n) is 30.9. The van der Waals surface area contributed by atoms with E-state index in [0.717, 1.165) is 72.3 Å². The molecule has 3 heteroatoms. The average molecular weight is 727 g/mol. The van der Waals surface area contributed by atoms with E-state index >= 15 is 0 Å². The molecule has 0 fully saturated rings. The molecule has 2 heterocycles. The zero-order valence-corrected chi connectivity index (χ0v) is 30.9. The van der Waals surface area contributed by atoms with Gasteiger partial charge >= 0.3 is 0 Å². The molecule has 0 saturated heterocycles. The van der Waals surface area contributed by atoms with Crippen molar-refractivity contribution in [3.8, 4) is 67.3 Å². The summed E-state index contributed by atoms with van der Waals surface area (Å²) in [5.74, 6) is 0.702. The molecular weight excluding hydrogens is 693 g/mol. The second-order valence-corrected chi connectivity index (χ2v) is 14.6. The van der Waals surface area contributed by atoms with Crippen LogP contribution in [0.4, 0.5) is 0 Å². The molecule has 0 aliphatic rings. The maximum Gasteiger partial charge on any atom is 0.160 e. The Bertz CT molecular complexity index is 3250. The lowest BCUT2D eigenvalue weighted by Crippen LogP contribution is -1.96. The first-order valence-corrected chi connectivity index (χ1v) is 19.3. The first kappa shape index (κ1) is 32.8. The lowest BCUT2D eigenvalue weighted by molar-refractivity contribution is 0.669. The van der Waals surface area contributed by atoms with Gasteiger partial charge in [-0.3, -0.25) is 0 Å². The molecular formula is C54H34N2O. The summed E-state index contributed by atoms with van der Waals surface area (Å²) in [4.78, 5) is 10.2. The number of para-hydroxylation sites is 1. The van der Waals surface area contributed by atoms with Crippen LogP contribution in [0.5, 0.6) is 0 Å². The fourth-order valence-corrected chi connectivity index (χ4v) is 8.17. The van der Waals surface area contributed by atoms with Gasteiger partial charge in [0.1, 0.15) is 11.2 Å². The standard InChI is InChI=1S/C54H34N2O/c1-2-10-41(11-3-1)54-55-50(34-51(56-54)40-28-24-38(25-29-40)49-32-43-12-4-5-13-44(43)45-14-6-7-15-46(45)49)39-26-22-36(23-27-39)35-18-20-37(21-19-35)42-30-31-48-47-16-8-9-17-52(47)57-53(48)33-42/h1-34H. The van der Waals surface area contributed by atoms with Gasteiger partial charge in [-0.15, -0.1) is 0 Å². The molecule has 0 unspecified atom stereocenters. The van der Waals surface area contributed by atoms with Crippen molar-refractivity contribution in [1.29, 1.82) is 0 Å². The van der Waals surface area contributed by atoms with E-state index in [1.165, 1.54) is 32.7 Å². The van der Waals surface area contributed by atoms with Crippen LogP contribution < -0.4 is 0 Å². The van der Waals surface area contributed by atoms with Gasteiger partial charge in [-0.1, -0.05) is 176 Å². The number of nitrogens with zero attached hydrogens (tertiary/aromatic N) is 2. The van der Waals surface area contributed by atoms with Crippen LogP contribution in [0.2, 0.25) is 0 Å². The molecule has 0 bridgehead atoms. The van der Waals surface area contributed by atoms with Gasteiger partial charge in [-0.25, -0.2) is 9.97 Å². The van der Waals surface area contributed by atoms with Crippen molar-refractivity contribution in [2.75, 3.05) is 0 Å². The summed E-state index contributed by atoms with van der Waals surface area (Å²) in [6.07, 6.45) is 0. The fourth-order valence-electron chi connectivity index (χ4n) is 8.17. The largest absolute Gasteiger partial charge is 0.456 e. The summed E-state index contributed by atoms with van der Waals surface area (Å²) in [5.41, 5.74) is 13.6. The van der Waals surface area contributed by atoms with Gasteiger partial charge in [0.05, 0.1) is 11.4 Å². The Hall–Kier alpha value is -7.62. The van der Waals surface area contributed by atoms with E-state index < -0.39 is 0 Å². The van der Waals surface area contributed by atoms with Crippen molar-refractivity contribution >= 4 is 43.5 Å². The van der Waals surface area contributed by atoms with Crippen LogP contribution in [-0.2, 0) is 0 Å². The normalized spacial score (nSPS) is 11.5. The summed E-state index contributed by atoms with van der Waals surface area (Å²) < 4.78 is 6.16. The Balaban J connectivity index is 0.910. The Morgan fingerprint density at radius 3 is 1.46 bits per heavy atom. The molecule has 0 spiro atoms. The molecule has 0 N–H and O–H groups in total. The van der Waals surface area contributed by atoms with Gasteiger partial charge in [0.25, 0.3) is 0 Å². The number of rotatable bonds is 6. The minimum Gasteiger partial charge on any atom is -0.456 e. The summed E-state index contributed by atoms with van der Waals surface area (Å²) in [6.45, 7) is 0. The highest BCUT2D eigenvalue weighted by Crippen LogP contribution is 2.37. The second kappa shape index (κ2) is 13.6. The molecule has 0 atom stereocenters. The van der Waals surface area contributed by atoms with Crippen LogP contribution in [0.3, 0.4) is 0 Å². The van der Waals surface area contributed by atoms with Crippen LogP contribution >= 0.6 is 0 Å². The Morgan fingerprint density at radius 2 is 0.772 bits per heavy atom. The van der Waals surface area contributed by atoms with E-state index in [1.54, 1.807) is 0 Å². The molecule has 2 aromatic heterocycles. The third-order valence-electron chi connectivity index (χ3n) is 11.1. The SMILES string of the molecule is c1ccc(-c2nc(-c3ccc(-c4ccc(-c5ccc6c(c5)oc5ccccc56)cc4)cc3)cc(-c3ccc(-c4cc5ccccc5c5ccccc45)cc3)n2)cc1. The molecule has 0 aliphatic heterocycles. The minimum absolute atomic E-state index is 0.702. The third kappa shape index (κ3) is 5.94. The molecule has 11 rings (SSSR count). The van der Waals surface area contributed by atoms with Gasteiger partial charge in [-0.05, 0) is 85.3 Å². The number of hydrogen-bond acceptors (Lipinski definition) is 3. The highest BCUT2D eigenvalue weighted by atomic mass is 16.3. The van der Waals surface area contributed by atoms with Gasteiger partial charge in [-0.2, -0.15) is 0 Å². The van der Waals surface area contributed by atoms with Crippen LogP contribution in [0.25, 0.3) is 111 Å². The van der Waals surface area contributed by atoms with Gasteiger partial charge in [0, 0.05) is 27.5 Å². The molecule has 9 aromatic carbocycles. The summed E-state index contributed by atoms with van der Waals surface area (Å²) in [6, 6.07) is 72.8. The van der Waals surface area contributed by atoms with Gasteiger partial charge in [0.2, 0.25) is 0 Å². The predicted molar refractivity (Wildman–Crippen MR) is 237 cm³/mol. The van der Waals surface area contributed by atoms with Gasteiger partial charge < -0.3 is 4.42 Å². The van der Waals surface area contributed by atoms with E-state index in [-0.39, 0.29) is 0 Å². The van der Waals surface area contributed by atoms with Crippen LogP contribution in [0, 0.1) is 0 Å². The quantitative estimate of drug-likeness (QED) is 0.160. The smallest absolute Gasteiger partial charge is 0.160 e. The Morgan fingerprint density at radius 1 is 0.281 bits per heavy atom. The van der Waals surface area contributed by atoms with Crippen LogP contribution in [-0.4, -0.2) is 9.97 Å². The maximum atomic E-state index is 6.16. The Kier molecular flexibility index (Phi) is 7.82. The van der Waals surface area contributed by atoms with E-state index in [0.29, 0.717) is 5.82 Å². The highest BCUT2D eigenvalue weighted by molar-refractivity contribution is 6.13. The monoisotopic (exact) mass is 726 g/mol. The van der Waals surface area contributed by atoms with Crippen molar-refractivity contribution in [3.05, 3.63) is 206 Å². The van der Waals surface area contributed by atoms with Crippen molar-refractivity contribution in [3.63, 3.8) is 0 Å². The topological polar surface area (TPSA) is 38.9 Å². The van der Waals surface area contributed by atoms with Crippen molar-refractivity contribution in [2.45, 2.75) is 0 Å². The maximum absolute atomic E-state index is 6.16. The second-order valence-electron chi connectivity index (χ2n) is 14.6. The third-order valence-corrected chi connectivity index (χ3v) is 11.1. The number of fused-ring (bicyclic) bond motifs is 6. The summed E-state index contributed by atoms with van der Waals surface area (Å²) in [5, 5.41) is 7.32. The molecule has 11 aromatic rings. The van der Waals surface area contributed by atoms with E-state index in [4.69, 9.17) is 14.4 Å². The Labute approximate surface area is 330 Å². The number of furan rings is 1. The van der Waals surface area contributed by atoms with E-state index in [9.17, 15) is 0 Å². The zero-order chi connectivity index (χ0) is 37.7. The summed E-state index contributed by atoms with van der Waals surface area (Å²) >= 11 is 0. The van der Waals surface area contributed by atoms with E-state index in [1.807, 2.05) is 30.3 Å². The molecule has 0 amide bonds. The number of hydrogen-bond donors (Lipinski definition) is 0. The molecule has 3 nitrogen and oxygen atoms in total. The molecule has 0 saturated carbocycles. The average Bonchev–Trinajstić information content (AvgIpc) is 3.67. The van der Waals surface area contributed by atoms with Crippen molar-refractivity contribution < 1.29 is 4.42 Å². The molecule has 266 valence electrons. The number of aromatic nitrogens is 2. The van der Waals surface area contributed by atoms with Crippen LogP contribution in [0.1, 0.15) is 0 Å². The highest BCUT2D eigenvalue weighted by Gasteiger charge is 2.14. The van der Waals surface area contributed by atoms with E-state index in [2.05, 4.69) is 176 Å². The lowest BCUT2D eigenvalue weighted by Gasteiger charge is -2.13. The van der Waals surface area contributed by atoms with Crippen molar-refractivity contribution in [2.24, 2.45) is 0 Å². The minimum atomic E-state index is 0.702. The molecule has 57 heavy (non-hydrogen) atoms.